The average Bonchev–Trinajstić information content (AvgIpc) is 3.20. The fourth-order valence-electron chi connectivity index (χ4n) is 4.79. The van der Waals surface area contributed by atoms with Crippen molar-refractivity contribution in [3.05, 3.63) is 24.3 Å². The lowest BCUT2D eigenvalue weighted by Crippen LogP contribution is -2.34. The van der Waals surface area contributed by atoms with E-state index in [-0.39, 0.29) is 6.03 Å². The van der Waals surface area contributed by atoms with E-state index in [1.165, 1.54) is 19.3 Å². The predicted octanol–water partition coefficient (Wildman–Crippen LogP) is 3.92. The van der Waals surface area contributed by atoms with Gasteiger partial charge in [-0.2, -0.15) is 0 Å². The maximum atomic E-state index is 12.6. The Labute approximate surface area is 130 Å². The number of urea groups is 1. The Morgan fingerprint density at radius 1 is 1.19 bits per heavy atom. The van der Waals surface area contributed by atoms with Crippen LogP contribution < -0.4 is 5.32 Å². The molecule has 4 atom stereocenters. The molecular formula is C17H22N2OS. The molecule has 4 rings (SSSR count). The van der Waals surface area contributed by atoms with Gasteiger partial charge >= 0.3 is 6.03 Å². The maximum absolute atomic E-state index is 12.6. The highest BCUT2D eigenvalue weighted by atomic mass is 32.2. The number of thioether (sulfide) groups is 1. The first-order valence-corrected chi connectivity index (χ1v) is 9.17. The molecule has 1 aromatic rings. The molecular weight excluding hydrogens is 280 g/mol. The summed E-state index contributed by atoms with van der Waals surface area (Å²) in [4.78, 5) is 15.7. The second-order valence-corrected chi connectivity index (χ2v) is 7.54. The quantitative estimate of drug-likeness (QED) is 0.840. The highest BCUT2D eigenvalue weighted by Crippen LogP contribution is 2.55. The zero-order chi connectivity index (χ0) is 14.4. The fourth-order valence-corrected chi connectivity index (χ4v) is 5.34. The molecule has 1 aromatic carbocycles. The Morgan fingerprint density at radius 3 is 2.52 bits per heavy atom. The van der Waals surface area contributed by atoms with E-state index in [0.29, 0.717) is 0 Å². The molecule has 1 N–H and O–H groups in total. The third-order valence-electron chi connectivity index (χ3n) is 5.77. The van der Waals surface area contributed by atoms with E-state index in [9.17, 15) is 4.79 Å². The van der Waals surface area contributed by atoms with Crippen LogP contribution in [-0.2, 0) is 0 Å². The molecule has 3 nitrogen and oxygen atoms in total. The van der Waals surface area contributed by atoms with E-state index in [1.807, 2.05) is 24.5 Å². The second-order valence-electron chi connectivity index (χ2n) is 6.70. The van der Waals surface area contributed by atoms with Crippen molar-refractivity contribution in [2.24, 2.45) is 23.7 Å². The van der Waals surface area contributed by atoms with Gasteiger partial charge < -0.3 is 10.2 Å². The Kier molecular flexibility index (Phi) is 3.37. The van der Waals surface area contributed by atoms with E-state index in [1.54, 1.807) is 11.8 Å². The summed E-state index contributed by atoms with van der Waals surface area (Å²) in [6.07, 6.45) is 6.27. The molecule has 1 heterocycles. The number of hydrogen-bond acceptors (Lipinski definition) is 2. The number of fused-ring (bicyclic) bond motifs is 5. The van der Waals surface area contributed by atoms with Gasteiger partial charge in [-0.25, -0.2) is 4.79 Å². The average molecular weight is 302 g/mol. The van der Waals surface area contributed by atoms with E-state index in [0.717, 1.165) is 47.3 Å². The van der Waals surface area contributed by atoms with Crippen LogP contribution >= 0.6 is 11.8 Å². The van der Waals surface area contributed by atoms with Crippen molar-refractivity contribution in [1.82, 2.24) is 4.90 Å². The lowest BCUT2D eigenvalue weighted by molar-refractivity contribution is 0.217. The zero-order valence-electron chi connectivity index (χ0n) is 12.4. The van der Waals surface area contributed by atoms with E-state index in [4.69, 9.17) is 0 Å². The van der Waals surface area contributed by atoms with E-state index in [2.05, 4.69) is 16.3 Å². The minimum atomic E-state index is 0.0882. The monoisotopic (exact) mass is 302 g/mol. The highest BCUT2D eigenvalue weighted by molar-refractivity contribution is 7.98. The summed E-state index contributed by atoms with van der Waals surface area (Å²) in [5, 5.41) is 3.11. The number of para-hydroxylation sites is 1. The van der Waals surface area contributed by atoms with Crippen molar-refractivity contribution in [3.8, 4) is 0 Å². The van der Waals surface area contributed by atoms with Crippen LogP contribution in [0.25, 0.3) is 0 Å². The van der Waals surface area contributed by atoms with Crippen LogP contribution in [-0.4, -0.2) is 30.3 Å². The number of nitrogens with zero attached hydrogens (tertiary/aromatic N) is 1. The topological polar surface area (TPSA) is 32.3 Å². The second kappa shape index (κ2) is 5.24. The number of carbonyl (C=O) groups excluding carboxylic acids is 1. The number of likely N-dealkylation sites (tertiary alicyclic amines) is 1. The Bertz CT molecular complexity index is 543. The molecule has 3 aliphatic rings. The zero-order valence-corrected chi connectivity index (χ0v) is 13.2. The lowest BCUT2D eigenvalue weighted by Gasteiger charge is -2.22. The summed E-state index contributed by atoms with van der Waals surface area (Å²) in [6.45, 7) is 1.94. The summed E-state index contributed by atoms with van der Waals surface area (Å²) in [5.41, 5.74) is 0.940. The number of carbonyl (C=O) groups is 1. The number of nitrogens with one attached hydrogen (secondary N) is 1. The van der Waals surface area contributed by atoms with Gasteiger partial charge in [0.25, 0.3) is 0 Å². The number of anilines is 1. The number of hydrogen-bond donors (Lipinski definition) is 1. The summed E-state index contributed by atoms with van der Waals surface area (Å²) in [5.74, 6) is 3.36. The van der Waals surface area contributed by atoms with Crippen LogP contribution in [0.3, 0.4) is 0 Å². The third kappa shape index (κ3) is 2.24. The molecule has 112 valence electrons. The first-order valence-electron chi connectivity index (χ1n) is 7.95. The predicted molar refractivity (Wildman–Crippen MR) is 86.6 cm³/mol. The molecule has 0 radical (unpaired) electrons. The van der Waals surface area contributed by atoms with Crippen LogP contribution in [0.5, 0.6) is 0 Å². The van der Waals surface area contributed by atoms with Gasteiger partial charge in [0.1, 0.15) is 0 Å². The molecule has 1 aliphatic heterocycles. The minimum Gasteiger partial charge on any atom is -0.324 e. The van der Waals surface area contributed by atoms with Crippen LogP contribution in [0.15, 0.2) is 29.2 Å². The third-order valence-corrected chi connectivity index (χ3v) is 6.57. The number of rotatable bonds is 2. The summed E-state index contributed by atoms with van der Waals surface area (Å²) in [6, 6.07) is 8.13. The molecule has 0 spiro atoms. The maximum Gasteiger partial charge on any atom is 0.321 e. The molecule has 0 aromatic heterocycles. The highest BCUT2D eigenvalue weighted by Gasteiger charge is 2.52. The van der Waals surface area contributed by atoms with E-state index >= 15 is 0 Å². The lowest BCUT2D eigenvalue weighted by atomic mass is 9.82. The molecule has 3 fully saturated rings. The van der Waals surface area contributed by atoms with Crippen molar-refractivity contribution >= 4 is 23.5 Å². The normalized spacial score (nSPS) is 33.3. The summed E-state index contributed by atoms with van der Waals surface area (Å²) >= 11 is 1.67. The molecule has 2 aliphatic carbocycles. The van der Waals surface area contributed by atoms with Gasteiger partial charge in [0, 0.05) is 18.0 Å². The van der Waals surface area contributed by atoms with Crippen LogP contribution in [0.2, 0.25) is 0 Å². The number of amides is 2. The fraction of sp³-hybridized carbons (Fsp3) is 0.588. The molecule has 4 heteroatoms. The van der Waals surface area contributed by atoms with Crippen LogP contribution in [0.1, 0.15) is 19.3 Å². The standard InChI is InChI=1S/C17H22N2OS/c1-21-16-5-3-2-4-15(16)18-17(20)19-9-13-11-6-7-12(8-11)14(13)10-19/h2-5,11-14H,6-10H2,1H3,(H,18,20)/t11-,12+,13-,14+. The van der Waals surface area contributed by atoms with Gasteiger partial charge in [0.15, 0.2) is 0 Å². The van der Waals surface area contributed by atoms with Crippen molar-refractivity contribution in [3.63, 3.8) is 0 Å². The molecule has 0 unspecified atom stereocenters. The Morgan fingerprint density at radius 2 is 1.86 bits per heavy atom. The first-order chi connectivity index (χ1) is 10.3. The summed E-state index contributed by atoms with van der Waals surface area (Å²) in [7, 11) is 0. The Balaban J connectivity index is 1.45. The number of benzene rings is 1. The van der Waals surface area contributed by atoms with Gasteiger partial charge in [-0.05, 0) is 61.3 Å². The molecule has 2 saturated carbocycles. The van der Waals surface area contributed by atoms with Crippen LogP contribution in [0.4, 0.5) is 10.5 Å². The molecule has 2 amide bonds. The van der Waals surface area contributed by atoms with Gasteiger partial charge in [0.05, 0.1) is 5.69 Å². The smallest absolute Gasteiger partial charge is 0.321 e. The Hall–Kier alpha value is -1.16. The largest absolute Gasteiger partial charge is 0.324 e. The first kappa shape index (κ1) is 13.5. The molecule has 2 bridgehead atoms. The van der Waals surface area contributed by atoms with Crippen LogP contribution in [0, 0.1) is 23.7 Å². The van der Waals surface area contributed by atoms with Gasteiger partial charge in [-0.3, -0.25) is 0 Å². The van der Waals surface area contributed by atoms with Crippen molar-refractivity contribution in [2.75, 3.05) is 24.7 Å². The molecule has 21 heavy (non-hydrogen) atoms. The van der Waals surface area contributed by atoms with Gasteiger partial charge in [0.2, 0.25) is 0 Å². The minimum absolute atomic E-state index is 0.0882. The SMILES string of the molecule is CSc1ccccc1NC(=O)N1C[C@@H]2[C@@H]3CC[C@@H](C3)[C@@H]2C1. The van der Waals surface area contributed by atoms with Crippen molar-refractivity contribution in [1.29, 1.82) is 0 Å². The van der Waals surface area contributed by atoms with Gasteiger partial charge in [-0.15, -0.1) is 11.8 Å². The van der Waals surface area contributed by atoms with Crippen molar-refractivity contribution < 1.29 is 4.79 Å². The van der Waals surface area contributed by atoms with E-state index < -0.39 is 0 Å². The van der Waals surface area contributed by atoms with Gasteiger partial charge in [-0.1, -0.05) is 12.1 Å². The summed E-state index contributed by atoms with van der Waals surface area (Å²) < 4.78 is 0. The van der Waals surface area contributed by atoms with Crippen molar-refractivity contribution in [2.45, 2.75) is 24.2 Å². The molecule has 1 saturated heterocycles.